The fraction of sp³-hybridized carbons (Fsp3) is 0.429. The number of ether oxygens (including phenoxy) is 2. The largest absolute Gasteiger partial charge is 0.504 e. The predicted molar refractivity (Wildman–Crippen MR) is 113 cm³/mol. The Bertz CT molecular complexity index is 1050. The average molecular weight is 414 g/mol. The molecule has 5 rings (SSSR count). The number of benzene rings is 1. The van der Waals surface area contributed by atoms with Crippen LogP contribution in [0.15, 0.2) is 18.2 Å². The lowest BCUT2D eigenvalue weighted by Crippen LogP contribution is -3.12. The van der Waals surface area contributed by atoms with Gasteiger partial charge in [-0.15, -0.1) is 11.3 Å². The molecule has 0 radical (unpaired) electrons. The van der Waals surface area contributed by atoms with Crippen molar-refractivity contribution >= 4 is 33.1 Å². The van der Waals surface area contributed by atoms with E-state index < -0.39 is 0 Å². The number of morpholine rings is 1. The normalized spacial score (nSPS) is 16.9. The van der Waals surface area contributed by atoms with Crippen LogP contribution in [0.25, 0.3) is 10.2 Å². The Labute approximate surface area is 173 Å². The molecular formula is C21H25N4O3S+. The highest BCUT2D eigenvalue weighted by atomic mass is 32.1. The van der Waals surface area contributed by atoms with Crippen LogP contribution in [-0.2, 0) is 24.1 Å². The van der Waals surface area contributed by atoms with E-state index in [4.69, 9.17) is 19.4 Å². The zero-order valence-corrected chi connectivity index (χ0v) is 17.3. The Balaban J connectivity index is 1.53. The maximum absolute atomic E-state index is 10.2. The molecule has 7 nitrogen and oxygen atoms in total. The molecule has 0 atom stereocenters. The van der Waals surface area contributed by atoms with Gasteiger partial charge in [-0.1, -0.05) is 0 Å². The van der Waals surface area contributed by atoms with Crippen LogP contribution in [0.4, 0.5) is 11.5 Å². The predicted octanol–water partition coefficient (Wildman–Crippen LogP) is 2.05. The molecule has 0 amide bonds. The lowest BCUT2D eigenvalue weighted by molar-refractivity contribution is -0.922. The summed E-state index contributed by atoms with van der Waals surface area (Å²) < 4.78 is 10.6. The Hall–Kier alpha value is -2.42. The van der Waals surface area contributed by atoms with Gasteiger partial charge < -0.3 is 24.8 Å². The molecule has 1 saturated heterocycles. The number of fused-ring (bicyclic) bond motifs is 3. The Morgan fingerprint density at radius 3 is 2.90 bits per heavy atom. The van der Waals surface area contributed by atoms with Gasteiger partial charge in [0.1, 0.15) is 30.3 Å². The molecule has 0 saturated carbocycles. The van der Waals surface area contributed by atoms with E-state index in [0.717, 1.165) is 73.2 Å². The first-order valence-electron chi connectivity index (χ1n) is 10.1. The number of rotatable bonds is 5. The van der Waals surface area contributed by atoms with Crippen molar-refractivity contribution in [2.75, 3.05) is 38.7 Å². The number of aromatic nitrogens is 2. The number of methoxy groups -OCH3 is 1. The number of nitrogens with one attached hydrogen (secondary N) is 2. The second-order valence-corrected chi connectivity index (χ2v) is 8.66. The highest BCUT2D eigenvalue weighted by molar-refractivity contribution is 7.19. The minimum atomic E-state index is 0.108. The maximum atomic E-state index is 10.2. The van der Waals surface area contributed by atoms with Crippen LogP contribution in [0.2, 0.25) is 0 Å². The first kappa shape index (κ1) is 18.6. The Morgan fingerprint density at radius 2 is 2.10 bits per heavy atom. The lowest BCUT2D eigenvalue weighted by Gasteiger charge is -2.23. The van der Waals surface area contributed by atoms with Crippen LogP contribution in [0.1, 0.15) is 22.7 Å². The molecule has 3 aromatic rings. The lowest BCUT2D eigenvalue weighted by atomic mass is 10.2. The van der Waals surface area contributed by atoms with Crippen molar-refractivity contribution in [2.45, 2.75) is 25.8 Å². The van der Waals surface area contributed by atoms with E-state index in [1.165, 1.54) is 21.8 Å². The molecule has 2 aliphatic rings. The van der Waals surface area contributed by atoms with Crippen LogP contribution >= 0.6 is 11.3 Å². The average Bonchev–Trinajstić information content (AvgIpc) is 3.30. The van der Waals surface area contributed by atoms with E-state index in [-0.39, 0.29) is 5.75 Å². The van der Waals surface area contributed by atoms with Crippen LogP contribution in [0.3, 0.4) is 0 Å². The standard InChI is InChI=1S/C21H24N4O3S/c1-27-16-6-5-13(11-15(16)26)22-20-19-14-3-2-4-17(14)29-21(19)24-18(23-20)12-25-7-9-28-10-8-25/h5-6,11,26H,2-4,7-10,12H2,1H3,(H,22,23,24)/p+1. The number of hydrogen-bond donors (Lipinski definition) is 3. The van der Waals surface area contributed by atoms with Crippen molar-refractivity contribution < 1.29 is 19.5 Å². The Morgan fingerprint density at radius 1 is 1.24 bits per heavy atom. The fourth-order valence-corrected chi connectivity index (χ4v) is 5.45. The molecule has 3 N–H and O–H groups in total. The van der Waals surface area contributed by atoms with Crippen molar-refractivity contribution in [3.05, 3.63) is 34.5 Å². The second kappa shape index (κ2) is 7.78. The monoisotopic (exact) mass is 413 g/mol. The van der Waals surface area contributed by atoms with Crippen molar-refractivity contribution in [1.82, 2.24) is 9.97 Å². The van der Waals surface area contributed by atoms with E-state index in [0.29, 0.717) is 5.75 Å². The third-order valence-corrected chi connectivity index (χ3v) is 6.85. The maximum Gasteiger partial charge on any atom is 0.187 e. The topological polar surface area (TPSA) is 80.9 Å². The van der Waals surface area contributed by atoms with E-state index in [1.54, 1.807) is 30.6 Å². The van der Waals surface area contributed by atoms with Crippen LogP contribution < -0.4 is 15.0 Å². The van der Waals surface area contributed by atoms with Gasteiger partial charge >= 0.3 is 0 Å². The molecule has 3 heterocycles. The highest BCUT2D eigenvalue weighted by Crippen LogP contribution is 2.40. The van der Waals surface area contributed by atoms with Crippen molar-refractivity contribution in [2.24, 2.45) is 0 Å². The zero-order valence-electron chi connectivity index (χ0n) is 16.5. The molecule has 29 heavy (non-hydrogen) atoms. The summed E-state index contributed by atoms with van der Waals surface area (Å²) in [7, 11) is 1.55. The van der Waals surface area contributed by atoms with Crippen molar-refractivity contribution in [3.63, 3.8) is 0 Å². The summed E-state index contributed by atoms with van der Waals surface area (Å²) in [6.07, 6.45) is 3.40. The first-order chi connectivity index (χ1) is 14.2. The number of nitrogens with zero attached hydrogens (tertiary/aromatic N) is 2. The molecule has 1 aliphatic carbocycles. The molecule has 0 spiro atoms. The summed E-state index contributed by atoms with van der Waals surface area (Å²) in [4.78, 5) is 13.8. The summed E-state index contributed by atoms with van der Waals surface area (Å²) in [5.41, 5.74) is 2.17. The van der Waals surface area contributed by atoms with Gasteiger partial charge in [-0.25, -0.2) is 9.97 Å². The number of aromatic hydroxyl groups is 1. The third-order valence-electron chi connectivity index (χ3n) is 5.66. The summed E-state index contributed by atoms with van der Waals surface area (Å²) in [6, 6.07) is 5.32. The first-order valence-corrected chi connectivity index (χ1v) is 10.9. The smallest absolute Gasteiger partial charge is 0.187 e. The number of hydrogen-bond acceptors (Lipinski definition) is 7. The fourth-order valence-electron chi connectivity index (χ4n) is 4.17. The van der Waals surface area contributed by atoms with Gasteiger partial charge in [-0.2, -0.15) is 0 Å². The van der Waals surface area contributed by atoms with E-state index in [2.05, 4.69) is 5.32 Å². The van der Waals surface area contributed by atoms with Gasteiger partial charge in [0.05, 0.1) is 25.7 Å². The van der Waals surface area contributed by atoms with Gasteiger partial charge in [0.15, 0.2) is 17.3 Å². The molecule has 0 bridgehead atoms. The number of phenols is 1. The van der Waals surface area contributed by atoms with Crippen molar-refractivity contribution in [3.8, 4) is 11.5 Å². The minimum absolute atomic E-state index is 0.108. The summed E-state index contributed by atoms with van der Waals surface area (Å²) >= 11 is 1.80. The SMILES string of the molecule is COc1ccc(Nc2nc(C[NH+]3CCOCC3)nc3sc4c(c23)CCC4)cc1O. The van der Waals surface area contributed by atoms with Crippen LogP contribution in [0.5, 0.6) is 11.5 Å². The summed E-state index contributed by atoms with van der Waals surface area (Å²) in [5.74, 6) is 2.25. The Kier molecular flexibility index (Phi) is 4.99. The molecule has 8 heteroatoms. The number of quaternary nitrogens is 1. The molecule has 152 valence electrons. The number of anilines is 2. The van der Waals surface area contributed by atoms with Gasteiger partial charge in [0.2, 0.25) is 0 Å². The van der Waals surface area contributed by atoms with Gasteiger partial charge in [0, 0.05) is 16.6 Å². The second-order valence-electron chi connectivity index (χ2n) is 7.58. The van der Waals surface area contributed by atoms with E-state index in [1.807, 2.05) is 6.07 Å². The minimum Gasteiger partial charge on any atom is -0.504 e. The molecule has 0 unspecified atom stereocenters. The molecule has 2 aromatic heterocycles. The molecule has 1 aliphatic heterocycles. The summed E-state index contributed by atoms with van der Waals surface area (Å²) in [5, 5.41) is 14.7. The number of thiophene rings is 1. The van der Waals surface area contributed by atoms with Gasteiger partial charge in [-0.3, -0.25) is 0 Å². The van der Waals surface area contributed by atoms with Crippen LogP contribution in [0, 0.1) is 0 Å². The number of phenolic OH excluding ortho intramolecular Hbond substituents is 1. The van der Waals surface area contributed by atoms with E-state index in [9.17, 15) is 5.11 Å². The summed E-state index contributed by atoms with van der Waals surface area (Å²) in [6.45, 7) is 4.35. The molecule has 1 fully saturated rings. The molecular weight excluding hydrogens is 388 g/mol. The van der Waals surface area contributed by atoms with E-state index >= 15 is 0 Å². The van der Waals surface area contributed by atoms with Gasteiger partial charge in [0.25, 0.3) is 0 Å². The molecule has 1 aromatic carbocycles. The third kappa shape index (κ3) is 3.63. The highest BCUT2D eigenvalue weighted by Gasteiger charge is 2.24. The van der Waals surface area contributed by atoms with Crippen molar-refractivity contribution in [1.29, 1.82) is 0 Å². The van der Waals surface area contributed by atoms with Crippen LogP contribution in [-0.4, -0.2) is 48.5 Å². The zero-order chi connectivity index (χ0) is 19.8. The quantitative estimate of drug-likeness (QED) is 0.594. The van der Waals surface area contributed by atoms with Gasteiger partial charge in [-0.05, 0) is 37.0 Å². The number of aryl methyl sites for hydroxylation is 2.